The molecule has 17 heavy (non-hydrogen) atoms. The summed E-state index contributed by atoms with van der Waals surface area (Å²) in [5, 5.41) is 13.1. The monoisotopic (exact) mass is 242 g/mol. The van der Waals surface area contributed by atoms with Crippen molar-refractivity contribution < 1.29 is 9.90 Å². The molecular formula is C13H26N2O2. The van der Waals surface area contributed by atoms with E-state index in [2.05, 4.69) is 5.32 Å². The van der Waals surface area contributed by atoms with Crippen molar-refractivity contribution in [2.24, 2.45) is 5.73 Å². The average molecular weight is 242 g/mol. The summed E-state index contributed by atoms with van der Waals surface area (Å²) in [6.07, 6.45) is 7.65. The number of amides is 1. The van der Waals surface area contributed by atoms with E-state index in [0.29, 0.717) is 13.0 Å². The minimum atomic E-state index is -0.710. The first-order valence-electron chi connectivity index (χ1n) is 6.83. The zero-order valence-electron chi connectivity index (χ0n) is 10.9. The van der Waals surface area contributed by atoms with Crippen LogP contribution in [0.25, 0.3) is 0 Å². The third-order valence-corrected chi connectivity index (χ3v) is 3.56. The molecule has 1 saturated carbocycles. The van der Waals surface area contributed by atoms with Crippen LogP contribution in [-0.4, -0.2) is 29.2 Å². The number of rotatable bonds is 5. The van der Waals surface area contributed by atoms with Crippen LogP contribution >= 0.6 is 0 Å². The normalized spacial score (nSPS) is 21.6. The smallest absolute Gasteiger partial charge is 0.237 e. The second-order valence-corrected chi connectivity index (χ2v) is 5.25. The van der Waals surface area contributed by atoms with Crippen molar-refractivity contribution in [3.63, 3.8) is 0 Å². The standard InChI is InChI=1S/C13H26N2O2/c1-2-7-11(14)12(16)15-10-13(17)8-5-3-4-6-9-13/h11,17H,2-10,14H2,1H3,(H,15,16)/t11-/m1/s1. The highest BCUT2D eigenvalue weighted by molar-refractivity contribution is 5.81. The van der Waals surface area contributed by atoms with Crippen molar-refractivity contribution in [1.82, 2.24) is 5.32 Å². The lowest BCUT2D eigenvalue weighted by Gasteiger charge is -2.27. The van der Waals surface area contributed by atoms with Crippen LogP contribution in [0.15, 0.2) is 0 Å². The second kappa shape index (κ2) is 6.97. The molecule has 0 bridgehead atoms. The maximum absolute atomic E-state index is 11.7. The van der Waals surface area contributed by atoms with Crippen molar-refractivity contribution >= 4 is 5.91 Å². The predicted molar refractivity (Wildman–Crippen MR) is 68.5 cm³/mol. The van der Waals surface area contributed by atoms with Gasteiger partial charge in [-0.05, 0) is 19.3 Å². The average Bonchev–Trinajstić information content (AvgIpc) is 2.52. The molecule has 4 nitrogen and oxygen atoms in total. The fourth-order valence-electron chi connectivity index (χ4n) is 2.39. The van der Waals surface area contributed by atoms with Gasteiger partial charge in [-0.1, -0.05) is 39.0 Å². The SMILES string of the molecule is CCC[C@@H](N)C(=O)NCC1(O)CCCCCC1. The minimum absolute atomic E-state index is 0.135. The summed E-state index contributed by atoms with van der Waals surface area (Å²) in [6, 6.07) is -0.436. The first-order valence-corrected chi connectivity index (χ1v) is 6.83. The van der Waals surface area contributed by atoms with E-state index < -0.39 is 11.6 Å². The largest absolute Gasteiger partial charge is 0.388 e. The Balaban J connectivity index is 2.34. The highest BCUT2D eigenvalue weighted by Gasteiger charge is 2.28. The summed E-state index contributed by atoms with van der Waals surface area (Å²) < 4.78 is 0. The first kappa shape index (κ1) is 14.5. The van der Waals surface area contributed by atoms with Crippen LogP contribution in [0.2, 0.25) is 0 Å². The molecule has 0 aromatic heterocycles. The lowest BCUT2D eigenvalue weighted by atomic mass is 9.94. The summed E-state index contributed by atoms with van der Waals surface area (Å²) in [5.41, 5.74) is 5.01. The van der Waals surface area contributed by atoms with E-state index in [-0.39, 0.29) is 5.91 Å². The summed E-state index contributed by atoms with van der Waals surface area (Å²) in [7, 11) is 0. The molecule has 100 valence electrons. The lowest BCUT2D eigenvalue weighted by molar-refractivity contribution is -0.123. The van der Waals surface area contributed by atoms with Crippen LogP contribution < -0.4 is 11.1 Å². The third-order valence-electron chi connectivity index (χ3n) is 3.56. The van der Waals surface area contributed by atoms with Gasteiger partial charge in [0.1, 0.15) is 0 Å². The number of nitrogens with one attached hydrogen (secondary N) is 1. The maximum atomic E-state index is 11.7. The molecule has 0 aromatic rings. The number of carbonyl (C=O) groups excluding carboxylic acids is 1. The van der Waals surface area contributed by atoms with Gasteiger partial charge in [0.15, 0.2) is 0 Å². The van der Waals surface area contributed by atoms with Crippen LogP contribution in [0.4, 0.5) is 0 Å². The number of nitrogens with two attached hydrogens (primary N) is 1. The fourth-order valence-corrected chi connectivity index (χ4v) is 2.39. The molecule has 1 aliphatic rings. The Morgan fingerprint density at radius 1 is 1.35 bits per heavy atom. The topological polar surface area (TPSA) is 75.4 Å². The van der Waals surface area contributed by atoms with E-state index in [1.807, 2.05) is 6.92 Å². The Hall–Kier alpha value is -0.610. The molecule has 0 aromatic carbocycles. The van der Waals surface area contributed by atoms with Gasteiger partial charge >= 0.3 is 0 Å². The van der Waals surface area contributed by atoms with E-state index in [0.717, 1.165) is 32.1 Å². The van der Waals surface area contributed by atoms with Gasteiger partial charge in [-0.15, -0.1) is 0 Å². The zero-order chi connectivity index (χ0) is 12.7. The Labute approximate surface area is 104 Å². The summed E-state index contributed by atoms with van der Waals surface area (Å²) in [5.74, 6) is -0.135. The van der Waals surface area contributed by atoms with Gasteiger partial charge in [-0.2, -0.15) is 0 Å². The van der Waals surface area contributed by atoms with Gasteiger partial charge in [0.25, 0.3) is 0 Å². The summed E-state index contributed by atoms with van der Waals surface area (Å²) in [4.78, 5) is 11.7. The van der Waals surface area contributed by atoms with Crippen LogP contribution in [-0.2, 0) is 4.79 Å². The first-order chi connectivity index (χ1) is 8.07. The maximum Gasteiger partial charge on any atom is 0.237 e. The predicted octanol–water partition coefficient (Wildman–Crippen LogP) is 1.32. The summed E-state index contributed by atoms with van der Waals surface area (Å²) >= 11 is 0. The van der Waals surface area contributed by atoms with Gasteiger partial charge in [0, 0.05) is 6.54 Å². The van der Waals surface area contributed by atoms with Crippen LogP contribution in [0.1, 0.15) is 58.3 Å². The molecule has 1 aliphatic carbocycles. The van der Waals surface area contributed by atoms with Gasteiger partial charge in [0.05, 0.1) is 11.6 Å². The Bertz CT molecular complexity index is 236. The lowest BCUT2D eigenvalue weighted by Crippen LogP contribution is -2.48. The Morgan fingerprint density at radius 3 is 2.47 bits per heavy atom. The van der Waals surface area contributed by atoms with Gasteiger partial charge in [0.2, 0.25) is 5.91 Å². The molecule has 0 radical (unpaired) electrons. The van der Waals surface area contributed by atoms with E-state index in [1.165, 1.54) is 12.8 Å². The summed E-state index contributed by atoms with van der Waals surface area (Å²) in [6.45, 7) is 2.36. The Morgan fingerprint density at radius 2 is 1.94 bits per heavy atom. The molecule has 0 unspecified atom stereocenters. The van der Waals surface area contributed by atoms with Crippen molar-refractivity contribution in [1.29, 1.82) is 0 Å². The molecule has 4 N–H and O–H groups in total. The highest BCUT2D eigenvalue weighted by atomic mass is 16.3. The highest BCUT2D eigenvalue weighted by Crippen LogP contribution is 2.26. The molecule has 1 atom stereocenters. The number of carbonyl (C=O) groups is 1. The van der Waals surface area contributed by atoms with E-state index in [4.69, 9.17) is 5.73 Å². The van der Waals surface area contributed by atoms with Crippen LogP contribution in [0.3, 0.4) is 0 Å². The molecule has 1 fully saturated rings. The minimum Gasteiger partial charge on any atom is -0.388 e. The molecule has 0 heterocycles. The second-order valence-electron chi connectivity index (χ2n) is 5.25. The van der Waals surface area contributed by atoms with Crippen LogP contribution in [0.5, 0.6) is 0 Å². The molecule has 1 rings (SSSR count). The van der Waals surface area contributed by atoms with E-state index in [9.17, 15) is 9.90 Å². The molecular weight excluding hydrogens is 216 g/mol. The molecule has 0 spiro atoms. The zero-order valence-corrected chi connectivity index (χ0v) is 10.9. The number of aliphatic hydroxyl groups is 1. The van der Waals surface area contributed by atoms with Crippen LogP contribution in [0, 0.1) is 0 Å². The van der Waals surface area contributed by atoms with Crippen molar-refractivity contribution in [3.8, 4) is 0 Å². The van der Waals surface area contributed by atoms with Crippen molar-refractivity contribution in [2.75, 3.05) is 6.54 Å². The Kier molecular flexibility index (Phi) is 5.92. The molecule has 0 aliphatic heterocycles. The van der Waals surface area contributed by atoms with Gasteiger partial charge in [-0.3, -0.25) is 4.79 Å². The molecule has 1 amide bonds. The molecule has 4 heteroatoms. The van der Waals surface area contributed by atoms with E-state index >= 15 is 0 Å². The van der Waals surface area contributed by atoms with Crippen molar-refractivity contribution in [3.05, 3.63) is 0 Å². The number of hydrogen-bond acceptors (Lipinski definition) is 3. The molecule has 0 saturated heterocycles. The van der Waals surface area contributed by atoms with E-state index in [1.54, 1.807) is 0 Å². The fraction of sp³-hybridized carbons (Fsp3) is 0.923. The van der Waals surface area contributed by atoms with Crippen molar-refractivity contribution in [2.45, 2.75) is 69.9 Å². The number of hydrogen-bond donors (Lipinski definition) is 3. The van der Waals surface area contributed by atoms with Gasteiger partial charge in [-0.25, -0.2) is 0 Å². The van der Waals surface area contributed by atoms with Gasteiger partial charge < -0.3 is 16.2 Å². The quantitative estimate of drug-likeness (QED) is 0.636. The third kappa shape index (κ3) is 5.04.